The van der Waals surface area contributed by atoms with Crippen LogP contribution in [0.4, 0.5) is 29.4 Å². The third kappa shape index (κ3) is 5.36. The van der Waals surface area contributed by atoms with Crippen molar-refractivity contribution in [3.8, 4) is 11.3 Å². The van der Waals surface area contributed by atoms with Crippen molar-refractivity contribution < 1.29 is 35.5 Å². The van der Waals surface area contributed by atoms with E-state index in [-0.39, 0.29) is 36.8 Å². The number of anilines is 2. The zero-order chi connectivity index (χ0) is 28.8. The van der Waals surface area contributed by atoms with Gasteiger partial charge in [-0.15, -0.1) is 0 Å². The van der Waals surface area contributed by atoms with Crippen molar-refractivity contribution in [3.63, 3.8) is 0 Å². The van der Waals surface area contributed by atoms with E-state index >= 15 is 0 Å². The smallest absolute Gasteiger partial charge is 0.416 e. The fourth-order valence-corrected chi connectivity index (χ4v) is 5.04. The van der Waals surface area contributed by atoms with Crippen LogP contribution in [0.25, 0.3) is 22.2 Å². The van der Waals surface area contributed by atoms with Crippen LogP contribution >= 0.6 is 0 Å². The number of hydrogen-bond donors (Lipinski definition) is 1. The zero-order valence-corrected chi connectivity index (χ0v) is 22.0. The molecule has 9 nitrogen and oxygen atoms in total. The van der Waals surface area contributed by atoms with Gasteiger partial charge in [0, 0.05) is 31.1 Å². The number of amides is 1. The second kappa shape index (κ2) is 10.2. The topological polar surface area (TPSA) is 115 Å². The molecule has 0 saturated heterocycles. The van der Waals surface area contributed by atoms with E-state index in [0.717, 1.165) is 16.4 Å². The van der Waals surface area contributed by atoms with Gasteiger partial charge in [0.15, 0.2) is 0 Å². The predicted octanol–water partition coefficient (Wildman–Crippen LogP) is 4.56. The number of rotatable bonds is 8. The Hall–Kier alpha value is -4.04. The highest BCUT2D eigenvalue weighted by Crippen LogP contribution is 2.46. The van der Waals surface area contributed by atoms with Crippen LogP contribution in [0.1, 0.15) is 24.1 Å². The largest absolute Gasteiger partial charge is 0.755 e. The van der Waals surface area contributed by atoms with E-state index in [0.29, 0.717) is 22.3 Å². The van der Waals surface area contributed by atoms with E-state index in [1.807, 2.05) is 0 Å². The fourth-order valence-electron chi connectivity index (χ4n) is 4.26. The number of benzene rings is 2. The number of aromatic nitrogens is 2. The third-order valence-electron chi connectivity index (χ3n) is 6.46. The summed E-state index contributed by atoms with van der Waals surface area (Å²) in [5.74, 6) is -0.974. The number of carbonyl (C=O) groups is 1. The number of hydrogen-bond acceptors (Lipinski definition) is 7. The average molecular weight is 577 g/mol. The molecule has 1 aliphatic carbocycles. The number of nitrogens with one attached hydrogen (secondary N) is 1. The first-order chi connectivity index (χ1) is 18.9. The van der Waals surface area contributed by atoms with Gasteiger partial charge in [-0.25, -0.2) is 14.4 Å². The molecule has 5 rings (SSSR count). The van der Waals surface area contributed by atoms with E-state index < -0.39 is 40.3 Å². The predicted molar refractivity (Wildman–Crippen MR) is 138 cm³/mol. The minimum absolute atomic E-state index is 0.109. The summed E-state index contributed by atoms with van der Waals surface area (Å²) in [6, 6.07) is 11.1. The molecule has 1 N–H and O–H groups in total. The van der Waals surface area contributed by atoms with Crippen LogP contribution in [-0.2, 0) is 28.8 Å². The maximum atomic E-state index is 13.6. The van der Waals surface area contributed by atoms with Crippen LogP contribution in [0.3, 0.4) is 0 Å². The van der Waals surface area contributed by atoms with Crippen LogP contribution in [-0.4, -0.2) is 44.3 Å². The second-order valence-electron chi connectivity index (χ2n) is 9.51. The lowest BCUT2D eigenvalue weighted by atomic mass is 10.1. The first kappa shape index (κ1) is 27.5. The van der Waals surface area contributed by atoms with E-state index in [9.17, 15) is 31.1 Å². The highest BCUT2D eigenvalue weighted by Gasteiger charge is 2.56. The van der Waals surface area contributed by atoms with Gasteiger partial charge in [-0.1, -0.05) is 12.1 Å². The molecule has 1 fully saturated rings. The summed E-state index contributed by atoms with van der Waals surface area (Å²) in [6.45, 7) is -0.109. The van der Waals surface area contributed by atoms with Crippen molar-refractivity contribution in [3.05, 3.63) is 71.7 Å². The Labute approximate surface area is 228 Å². The standard InChI is InChI=1S/C26H23F4N5O4S/c1-34(2)24-32-19(13-20(33-24)15-3-5-17(6-4-15)26(28,29)30)14-31-23(36)25(9-10-25)35(40(37)38)22-12-16-11-18(27)7-8-21(16)39-22/h3-8,11-13H,9-10,14H2,1-2H3,(H,31,36)(H,37,38)/p-1. The Morgan fingerprint density at radius 3 is 2.40 bits per heavy atom. The van der Waals surface area contributed by atoms with Crippen molar-refractivity contribution in [1.29, 1.82) is 0 Å². The lowest BCUT2D eigenvalue weighted by Crippen LogP contribution is -2.50. The summed E-state index contributed by atoms with van der Waals surface area (Å²) in [6.07, 6.45) is -4.03. The number of furan rings is 1. The van der Waals surface area contributed by atoms with Crippen molar-refractivity contribution in [1.82, 2.24) is 15.3 Å². The molecule has 4 aromatic rings. The summed E-state index contributed by atoms with van der Waals surface area (Å²) in [5.41, 5.74) is -0.862. The van der Waals surface area contributed by atoms with Gasteiger partial charge in [0.25, 0.3) is 0 Å². The molecule has 0 aliphatic heterocycles. The van der Waals surface area contributed by atoms with E-state index in [1.54, 1.807) is 19.0 Å². The molecule has 0 spiro atoms. The minimum Gasteiger partial charge on any atom is -0.755 e. The van der Waals surface area contributed by atoms with Crippen molar-refractivity contribution in [2.45, 2.75) is 31.1 Å². The zero-order valence-electron chi connectivity index (χ0n) is 21.2. The molecular formula is C26H22F4N5O4S-. The van der Waals surface area contributed by atoms with Gasteiger partial charge in [0.1, 0.15) is 16.9 Å². The molecular weight excluding hydrogens is 554 g/mol. The molecule has 210 valence electrons. The molecule has 2 aromatic heterocycles. The van der Waals surface area contributed by atoms with Gasteiger partial charge in [0.2, 0.25) is 17.7 Å². The lowest BCUT2D eigenvalue weighted by Gasteiger charge is -2.31. The van der Waals surface area contributed by atoms with Gasteiger partial charge in [0.05, 0.1) is 34.8 Å². The summed E-state index contributed by atoms with van der Waals surface area (Å²) < 4.78 is 83.5. The third-order valence-corrected chi connectivity index (χ3v) is 7.28. The Kier molecular flexibility index (Phi) is 7.00. The fraction of sp³-hybridized carbons (Fsp3) is 0.269. The Balaban J connectivity index is 1.39. The average Bonchev–Trinajstić information content (AvgIpc) is 3.59. The van der Waals surface area contributed by atoms with Crippen LogP contribution in [0.2, 0.25) is 0 Å². The van der Waals surface area contributed by atoms with E-state index in [2.05, 4.69) is 15.3 Å². The number of halogens is 4. The van der Waals surface area contributed by atoms with E-state index in [4.69, 9.17) is 4.42 Å². The second-order valence-corrected chi connectivity index (χ2v) is 10.3. The maximum absolute atomic E-state index is 13.6. The maximum Gasteiger partial charge on any atom is 0.416 e. The molecule has 0 radical (unpaired) electrons. The lowest BCUT2D eigenvalue weighted by molar-refractivity contribution is -0.137. The van der Waals surface area contributed by atoms with Crippen molar-refractivity contribution in [2.24, 2.45) is 0 Å². The quantitative estimate of drug-likeness (QED) is 0.242. The first-order valence-corrected chi connectivity index (χ1v) is 13.0. The Morgan fingerprint density at radius 2 is 1.80 bits per heavy atom. The van der Waals surface area contributed by atoms with Gasteiger partial charge < -0.3 is 19.2 Å². The minimum atomic E-state index is -4.48. The highest BCUT2D eigenvalue weighted by molar-refractivity contribution is 7.80. The normalized spacial score (nSPS) is 15.1. The summed E-state index contributed by atoms with van der Waals surface area (Å²) in [4.78, 5) is 23.7. The molecule has 0 bridgehead atoms. The van der Waals surface area contributed by atoms with Gasteiger partial charge in [-0.2, -0.15) is 13.2 Å². The van der Waals surface area contributed by atoms with Crippen molar-refractivity contribution in [2.75, 3.05) is 23.3 Å². The molecule has 1 saturated carbocycles. The van der Waals surface area contributed by atoms with Gasteiger partial charge in [-0.3, -0.25) is 13.3 Å². The van der Waals surface area contributed by atoms with Crippen LogP contribution < -0.4 is 14.5 Å². The molecule has 14 heteroatoms. The summed E-state index contributed by atoms with van der Waals surface area (Å²) in [5, 5.41) is 3.05. The molecule has 40 heavy (non-hydrogen) atoms. The van der Waals surface area contributed by atoms with Gasteiger partial charge >= 0.3 is 6.18 Å². The van der Waals surface area contributed by atoms with Crippen LogP contribution in [0, 0.1) is 5.82 Å². The van der Waals surface area contributed by atoms with E-state index in [1.165, 1.54) is 42.5 Å². The number of fused-ring (bicyclic) bond motifs is 1. The number of nitrogens with zero attached hydrogens (tertiary/aromatic N) is 4. The molecule has 1 aliphatic rings. The van der Waals surface area contributed by atoms with Gasteiger partial charge in [-0.05, 0) is 49.2 Å². The Morgan fingerprint density at radius 1 is 1.10 bits per heavy atom. The monoisotopic (exact) mass is 576 g/mol. The number of alkyl halides is 3. The molecule has 1 unspecified atom stereocenters. The van der Waals surface area contributed by atoms with Crippen LogP contribution in [0.15, 0.2) is 59.0 Å². The molecule has 2 heterocycles. The molecule has 1 atom stereocenters. The summed E-state index contributed by atoms with van der Waals surface area (Å²) in [7, 11) is 3.38. The molecule has 2 aromatic carbocycles. The highest BCUT2D eigenvalue weighted by atomic mass is 32.2. The number of carbonyl (C=O) groups excluding carboxylic acids is 1. The van der Waals surface area contributed by atoms with Crippen LogP contribution in [0.5, 0.6) is 0 Å². The SMILES string of the molecule is CN(C)c1nc(CNC(=O)C2(N(c3cc4cc(F)ccc4o3)S(=O)[O-])CC2)cc(-c2ccc(C(F)(F)F)cc2)n1. The first-order valence-electron chi connectivity index (χ1n) is 12.0. The molecule has 1 amide bonds. The Bertz CT molecular complexity index is 1600. The van der Waals surface area contributed by atoms with Crippen molar-refractivity contribution >= 4 is 40.0 Å². The summed E-state index contributed by atoms with van der Waals surface area (Å²) >= 11 is -2.89.